The number of rotatable bonds is 7. The summed E-state index contributed by atoms with van der Waals surface area (Å²) in [7, 11) is 0. The third kappa shape index (κ3) is 8.49. The first-order valence-corrected chi connectivity index (χ1v) is 21.2. The average Bonchev–Trinajstić information content (AvgIpc) is 3.79. The van der Waals surface area contributed by atoms with E-state index in [4.69, 9.17) is 24.4 Å². The quantitative estimate of drug-likeness (QED) is 0.153. The van der Waals surface area contributed by atoms with E-state index in [2.05, 4.69) is 25.1 Å². The molecular weight excluding hydrogens is 784 g/mol. The lowest BCUT2D eigenvalue weighted by Gasteiger charge is -2.36. The molecule has 0 saturated carbocycles. The topological polar surface area (TPSA) is 122 Å². The minimum Gasteiger partial charge on any atom is -0.508 e. The van der Waals surface area contributed by atoms with Crippen molar-refractivity contribution in [1.82, 2.24) is 35.1 Å². The number of piperazine rings is 1. The Bertz CT molecular complexity index is 2300. The van der Waals surface area contributed by atoms with Crippen LogP contribution in [0, 0.1) is 18.6 Å². The number of halogens is 5. The Labute approximate surface area is 347 Å². The van der Waals surface area contributed by atoms with Gasteiger partial charge in [0.15, 0.2) is 5.82 Å². The van der Waals surface area contributed by atoms with E-state index in [9.17, 15) is 22.7 Å². The molecule has 0 amide bonds. The molecule has 324 valence electrons. The van der Waals surface area contributed by atoms with Crippen LogP contribution >= 0.6 is 0 Å². The maximum absolute atomic E-state index is 17.1. The van der Waals surface area contributed by atoms with E-state index in [0.29, 0.717) is 46.2 Å². The molecule has 3 aromatic heterocycles. The normalized spacial score (nSPS) is 20.8. The molecule has 4 aliphatic rings. The van der Waals surface area contributed by atoms with Gasteiger partial charge in [0.1, 0.15) is 41.8 Å². The molecule has 3 fully saturated rings. The van der Waals surface area contributed by atoms with Gasteiger partial charge >= 0.3 is 12.2 Å². The van der Waals surface area contributed by atoms with E-state index in [0.717, 1.165) is 57.9 Å². The van der Waals surface area contributed by atoms with Gasteiger partial charge in [0, 0.05) is 49.5 Å². The highest BCUT2D eigenvalue weighted by Gasteiger charge is 2.50. The molecule has 60 heavy (non-hydrogen) atoms. The number of phenolic OH excluding ortho intramolecular Hbond substituents is 1. The fraction of sp³-hybridized carbons (Fsp3) is 0.523. The highest BCUT2D eigenvalue weighted by Crippen LogP contribution is 2.45. The number of nitrogens with zero attached hydrogens (tertiary/aromatic N) is 7. The van der Waals surface area contributed by atoms with Crippen molar-refractivity contribution >= 4 is 27.5 Å². The molecule has 2 N–H and O–H groups in total. The van der Waals surface area contributed by atoms with Crippen LogP contribution in [0.25, 0.3) is 32.9 Å². The Hall–Kier alpha value is -4.96. The number of pyridine rings is 1. The van der Waals surface area contributed by atoms with Crippen molar-refractivity contribution in [2.75, 3.05) is 44.3 Å². The van der Waals surface area contributed by atoms with Crippen molar-refractivity contribution in [3.63, 3.8) is 0 Å². The summed E-state index contributed by atoms with van der Waals surface area (Å²) in [6.07, 6.45) is 0.820. The van der Waals surface area contributed by atoms with Crippen LogP contribution in [-0.4, -0.2) is 91.9 Å². The largest absolute Gasteiger partial charge is 0.508 e. The SMILES string of the molecule is CC.CC.CC.Cc1c(F)ccc2cc(O)cc(-c3nc4c5c(nc(OCC67CCCN6[C@H](COc6ccnc(C(F)(F)F)n6)CC7)nc5c3F)N3CCNCC3CC4)c12. The molecule has 7 heterocycles. The van der Waals surface area contributed by atoms with E-state index in [1.807, 2.05) is 41.5 Å². The van der Waals surface area contributed by atoms with Crippen LogP contribution in [0.3, 0.4) is 0 Å². The van der Waals surface area contributed by atoms with Gasteiger partial charge in [-0.2, -0.15) is 28.1 Å². The number of fused-ring (bicyclic) bond motifs is 4. The first-order chi connectivity index (χ1) is 29.0. The van der Waals surface area contributed by atoms with Gasteiger partial charge in [-0.1, -0.05) is 47.6 Å². The molecule has 11 nitrogen and oxygen atoms in total. The van der Waals surface area contributed by atoms with Crippen molar-refractivity contribution in [1.29, 1.82) is 0 Å². The number of hydrogen-bond donors (Lipinski definition) is 2. The molecule has 4 aliphatic heterocycles. The molecule has 2 unspecified atom stereocenters. The van der Waals surface area contributed by atoms with E-state index in [-0.39, 0.29) is 59.7 Å². The van der Waals surface area contributed by atoms with Crippen molar-refractivity contribution in [3.8, 4) is 28.9 Å². The standard InChI is InChI=1S/C38H37F5N8O3.3C2H6/c1-20-26(39)5-3-21-15-24(52)16-25(29(20)21)32-31(40)33-30-27(46-32)6-4-22-17-44-12-14-50(22)34(30)49-36(48-33)54-19-37-9-2-13-51(37)23(7-10-37)18-53-28-8-11-45-35(47-28)38(41,42)43;3*1-2/h3,5,8,11,15-16,22-23,44,52H,2,4,6-7,9-10,12-14,17-19H2,1H3;3*1-2H3/t22?,23-,37?;;;/m0.../s1. The van der Waals surface area contributed by atoms with Crippen LogP contribution in [-0.2, 0) is 12.6 Å². The number of alkyl halides is 3. The zero-order valence-corrected chi connectivity index (χ0v) is 35.4. The molecule has 0 aliphatic carbocycles. The lowest BCUT2D eigenvalue weighted by molar-refractivity contribution is -0.145. The van der Waals surface area contributed by atoms with Gasteiger partial charge in [-0.05, 0) is 86.5 Å². The predicted octanol–water partition coefficient (Wildman–Crippen LogP) is 9.20. The zero-order chi connectivity index (χ0) is 43.4. The highest BCUT2D eigenvalue weighted by atomic mass is 19.4. The Kier molecular flexibility index (Phi) is 13.9. The summed E-state index contributed by atoms with van der Waals surface area (Å²) in [5.74, 6) is -2.11. The summed E-state index contributed by atoms with van der Waals surface area (Å²) in [5, 5.41) is 15.6. The third-order valence-corrected chi connectivity index (χ3v) is 11.5. The van der Waals surface area contributed by atoms with Gasteiger partial charge < -0.3 is 24.8 Å². The number of benzene rings is 2. The summed E-state index contributed by atoms with van der Waals surface area (Å²) < 4.78 is 83.8. The Morgan fingerprint density at radius 1 is 0.917 bits per heavy atom. The summed E-state index contributed by atoms with van der Waals surface area (Å²) in [5.41, 5.74) is 0.810. The van der Waals surface area contributed by atoms with Crippen molar-refractivity contribution < 1.29 is 36.5 Å². The smallest absolute Gasteiger partial charge is 0.451 e. The number of hydrogen-bond acceptors (Lipinski definition) is 11. The lowest BCUT2D eigenvalue weighted by Crippen LogP contribution is -2.51. The minimum absolute atomic E-state index is 0.0169. The van der Waals surface area contributed by atoms with Crippen molar-refractivity contribution in [3.05, 3.63) is 65.2 Å². The first-order valence-electron chi connectivity index (χ1n) is 21.2. The second kappa shape index (κ2) is 18.8. The maximum Gasteiger partial charge on any atom is 0.451 e. The zero-order valence-electron chi connectivity index (χ0n) is 35.4. The fourth-order valence-electron chi connectivity index (χ4n) is 8.96. The van der Waals surface area contributed by atoms with Gasteiger partial charge in [-0.25, -0.2) is 18.7 Å². The second-order valence-corrected chi connectivity index (χ2v) is 14.7. The molecule has 3 saturated heterocycles. The number of aromatic nitrogens is 5. The summed E-state index contributed by atoms with van der Waals surface area (Å²) >= 11 is 0. The Morgan fingerprint density at radius 3 is 2.47 bits per heavy atom. The van der Waals surface area contributed by atoms with Gasteiger partial charge in [-0.3, -0.25) is 4.90 Å². The average molecular weight is 839 g/mol. The number of anilines is 1. The molecule has 9 rings (SSSR count). The van der Waals surface area contributed by atoms with Gasteiger partial charge in [0.25, 0.3) is 0 Å². The van der Waals surface area contributed by atoms with E-state index in [1.165, 1.54) is 24.3 Å². The molecule has 0 bridgehead atoms. The van der Waals surface area contributed by atoms with Crippen LogP contribution in [0.15, 0.2) is 36.5 Å². The van der Waals surface area contributed by atoms with Gasteiger partial charge in [0.05, 0.1) is 16.6 Å². The van der Waals surface area contributed by atoms with Gasteiger partial charge in [0.2, 0.25) is 11.7 Å². The number of aryl methyl sites for hydroxylation is 2. The van der Waals surface area contributed by atoms with Crippen molar-refractivity contribution in [2.24, 2.45) is 0 Å². The fourth-order valence-corrected chi connectivity index (χ4v) is 8.96. The number of phenols is 1. The number of ether oxygens (including phenoxy) is 2. The van der Waals surface area contributed by atoms with Crippen LogP contribution in [0.2, 0.25) is 0 Å². The summed E-state index contributed by atoms with van der Waals surface area (Å²) in [6.45, 7) is 16.8. The summed E-state index contributed by atoms with van der Waals surface area (Å²) in [4.78, 5) is 25.8. The van der Waals surface area contributed by atoms with Crippen LogP contribution in [0.4, 0.5) is 27.8 Å². The monoisotopic (exact) mass is 838 g/mol. The van der Waals surface area contributed by atoms with Crippen LogP contribution in [0.1, 0.15) is 90.7 Å². The van der Waals surface area contributed by atoms with Crippen LogP contribution in [0.5, 0.6) is 17.6 Å². The van der Waals surface area contributed by atoms with E-state index >= 15 is 4.39 Å². The number of aromatic hydroxyl groups is 1. The lowest BCUT2D eigenvalue weighted by atomic mass is 9.95. The minimum atomic E-state index is -4.68. The molecule has 0 spiro atoms. The van der Waals surface area contributed by atoms with Crippen LogP contribution < -0.4 is 19.7 Å². The maximum atomic E-state index is 17.1. The number of nitrogens with one attached hydrogen (secondary N) is 1. The molecule has 3 atom stereocenters. The predicted molar refractivity (Wildman–Crippen MR) is 223 cm³/mol. The second-order valence-electron chi connectivity index (χ2n) is 14.7. The van der Waals surface area contributed by atoms with E-state index in [1.54, 1.807) is 13.0 Å². The van der Waals surface area contributed by atoms with Gasteiger partial charge in [-0.15, -0.1) is 0 Å². The first kappa shape index (κ1) is 44.6. The molecule has 16 heteroatoms. The summed E-state index contributed by atoms with van der Waals surface area (Å²) in [6, 6.07) is 7.13. The molecule has 2 aromatic carbocycles. The molecular formula is C44H55F5N8O3. The van der Waals surface area contributed by atoms with Crippen molar-refractivity contribution in [2.45, 2.75) is 111 Å². The molecule has 0 radical (unpaired) electrons. The highest BCUT2D eigenvalue weighted by molar-refractivity contribution is 6.02. The Balaban J connectivity index is 0.000000964. The molecule has 5 aromatic rings. The van der Waals surface area contributed by atoms with E-state index < -0.39 is 29.2 Å². The Morgan fingerprint density at radius 2 is 1.70 bits per heavy atom. The third-order valence-electron chi connectivity index (χ3n) is 11.5.